The first-order chi connectivity index (χ1) is 9.45. The maximum atomic E-state index is 11.3. The molecule has 0 aliphatic carbocycles. The van der Waals surface area contributed by atoms with Crippen molar-refractivity contribution < 1.29 is 9.32 Å². The molecule has 2 heterocycles. The van der Waals surface area contributed by atoms with Gasteiger partial charge in [0.05, 0.1) is 11.4 Å². The maximum absolute atomic E-state index is 11.3. The van der Waals surface area contributed by atoms with Gasteiger partial charge in [-0.3, -0.25) is 9.69 Å². The molecule has 0 amide bonds. The molecule has 0 N–H and O–H groups in total. The highest BCUT2D eigenvalue weighted by molar-refractivity contribution is 7.12. The van der Waals surface area contributed by atoms with E-state index in [-0.39, 0.29) is 5.78 Å². The van der Waals surface area contributed by atoms with Crippen LogP contribution in [0.5, 0.6) is 0 Å². The third-order valence-corrected chi connectivity index (χ3v) is 4.11. The van der Waals surface area contributed by atoms with E-state index in [0.29, 0.717) is 24.3 Å². The lowest BCUT2D eigenvalue weighted by molar-refractivity contribution is 0.102. The Labute approximate surface area is 122 Å². The second-order valence-corrected chi connectivity index (χ2v) is 6.01. The van der Waals surface area contributed by atoms with Gasteiger partial charge < -0.3 is 4.52 Å². The Morgan fingerprint density at radius 1 is 1.45 bits per heavy atom. The largest absolute Gasteiger partial charge is 0.340 e. The maximum Gasteiger partial charge on any atom is 0.223 e. The molecule has 108 valence electrons. The molecule has 0 saturated heterocycles. The normalized spacial score (nSPS) is 11.5. The van der Waals surface area contributed by atoms with Gasteiger partial charge in [-0.2, -0.15) is 4.98 Å². The number of carbonyl (C=O) groups is 1. The lowest BCUT2D eigenvalue weighted by atomic mass is 10.2. The molecule has 0 radical (unpaired) electrons. The van der Waals surface area contributed by atoms with E-state index in [2.05, 4.69) is 28.9 Å². The monoisotopic (exact) mass is 293 g/mol. The number of aromatic nitrogens is 2. The molecule has 20 heavy (non-hydrogen) atoms. The highest BCUT2D eigenvalue weighted by Crippen LogP contribution is 2.19. The van der Waals surface area contributed by atoms with Gasteiger partial charge in [0, 0.05) is 19.5 Å². The molecule has 2 rings (SSSR count). The fraction of sp³-hybridized carbons (Fsp3) is 0.500. The fourth-order valence-electron chi connectivity index (χ4n) is 1.89. The molecule has 5 nitrogen and oxygen atoms in total. The molecule has 2 aromatic heterocycles. The highest BCUT2D eigenvalue weighted by atomic mass is 32.1. The number of hydrogen-bond acceptors (Lipinski definition) is 6. The predicted molar refractivity (Wildman–Crippen MR) is 77.7 cm³/mol. The molecule has 0 saturated carbocycles. The molecule has 0 fully saturated rings. The molecular formula is C14H19N3O2S. The van der Waals surface area contributed by atoms with Crippen molar-refractivity contribution in [1.82, 2.24) is 15.0 Å². The summed E-state index contributed by atoms with van der Waals surface area (Å²) >= 11 is 1.50. The second-order valence-electron chi connectivity index (χ2n) is 5.10. The van der Waals surface area contributed by atoms with Gasteiger partial charge in [-0.15, -0.1) is 11.3 Å². The van der Waals surface area contributed by atoms with Crippen LogP contribution in [-0.2, 0) is 13.1 Å². The van der Waals surface area contributed by atoms with Crippen LogP contribution >= 0.6 is 11.3 Å². The van der Waals surface area contributed by atoms with Gasteiger partial charge in [0.15, 0.2) is 11.6 Å². The fourth-order valence-corrected chi connectivity index (χ4v) is 2.69. The Balaban J connectivity index is 2.06. The van der Waals surface area contributed by atoms with Crippen LogP contribution in [-0.4, -0.2) is 26.9 Å². The zero-order valence-corrected chi connectivity index (χ0v) is 13.0. The van der Waals surface area contributed by atoms with Crippen molar-refractivity contribution in [3.63, 3.8) is 0 Å². The number of ketones is 1. The number of nitrogens with zero attached hydrogens (tertiary/aromatic N) is 3. The van der Waals surface area contributed by atoms with Crippen molar-refractivity contribution in [3.05, 3.63) is 33.6 Å². The van der Waals surface area contributed by atoms with Crippen LogP contribution in [0.2, 0.25) is 0 Å². The van der Waals surface area contributed by atoms with E-state index in [9.17, 15) is 4.79 Å². The molecule has 0 aromatic carbocycles. The Hall–Kier alpha value is -1.53. The Morgan fingerprint density at radius 2 is 2.20 bits per heavy atom. The van der Waals surface area contributed by atoms with Gasteiger partial charge in [-0.25, -0.2) is 0 Å². The molecule has 0 aliphatic heterocycles. The van der Waals surface area contributed by atoms with Gasteiger partial charge in [0.25, 0.3) is 0 Å². The molecule has 0 unspecified atom stereocenters. The van der Waals surface area contributed by atoms with E-state index in [4.69, 9.17) is 4.52 Å². The first kappa shape index (κ1) is 14.9. The second kappa shape index (κ2) is 6.28. The number of thiophene rings is 1. The predicted octanol–water partition coefficient (Wildman–Crippen LogP) is 3.05. The Bertz CT molecular complexity index is 589. The Morgan fingerprint density at radius 3 is 2.70 bits per heavy atom. The van der Waals surface area contributed by atoms with E-state index < -0.39 is 0 Å². The van der Waals surface area contributed by atoms with Crippen molar-refractivity contribution in [2.45, 2.75) is 46.8 Å². The minimum atomic E-state index is 0.117. The topological polar surface area (TPSA) is 59.2 Å². The first-order valence-corrected chi connectivity index (χ1v) is 7.45. The van der Waals surface area contributed by atoms with Crippen LogP contribution in [0.15, 0.2) is 16.0 Å². The van der Waals surface area contributed by atoms with Crippen LogP contribution in [0.1, 0.15) is 47.7 Å². The summed E-state index contributed by atoms with van der Waals surface area (Å²) in [5.41, 5.74) is 1.15. The van der Waals surface area contributed by atoms with Crippen molar-refractivity contribution >= 4 is 17.1 Å². The van der Waals surface area contributed by atoms with Gasteiger partial charge in [-0.05, 0) is 37.8 Å². The van der Waals surface area contributed by atoms with Crippen LogP contribution < -0.4 is 0 Å². The number of carbonyl (C=O) groups excluding carboxylic acids is 1. The first-order valence-electron chi connectivity index (χ1n) is 6.57. The van der Waals surface area contributed by atoms with Crippen LogP contribution in [0, 0.1) is 6.92 Å². The lowest BCUT2D eigenvalue weighted by Gasteiger charge is -2.24. The number of aryl methyl sites for hydroxylation is 1. The van der Waals surface area contributed by atoms with E-state index in [0.717, 1.165) is 17.0 Å². The molecule has 0 aliphatic rings. The minimum absolute atomic E-state index is 0.117. The van der Waals surface area contributed by atoms with E-state index >= 15 is 0 Å². The molecule has 0 atom stereocenters. The van der Waals surface area contributed by atoms with Crippen LogP contribution in [0.3, 0.4) is 0 Å². The van der Waals surface area contributed by atoms with Crippen molar-refractivity contribution in [3.8, 4) is 0 Å². The molecule has 2 aromatic rings. The summed E-state index contributed by atoms with van der Waals surface area (Å²) < 4.78 is 5.00. The van der Waals surface area contributed by atoms with Gasteiger partial charge in [-0.1, -0.05) is 5.16 Å². The van der Waals surface area contributed by atoms with E-state index in [1.165, 1.54) is 11.3 Å². The van der Waals surface area contributed by atoms with Crippen LogP contribution in [0.25, 0.3) is 0 Å². The average molecular weight is 293 g/mol. The SMILES string of the molecule is CC(=O)c1cc(CN(Cc2noc(C)n2)C(C)C)cs1. The average Bonchev–Trinajstić information content (AvgIpc) is 2.98. The lowest BCUT2D eigenvalue weighted by Crippen LogP contribution is -2.30. The van der Waals surface area contributed by atoms with Crippen molar-refractivity contribution in [2.75, 3.05) is 0 Å². The Kier molecular flexibility index (Phi) is 4.67. The van der Waals surface area contributed by atoms with Gasteiger partial charge in [0.1, 0.15) is 0 Å². The van der Waals surface area contributed by atoms with E-state index in [1.54, 1.807) is 13.8 Å². The zero-order valence-electron chi connectivity index (χ0n) is 12.2. The van der Waals surface area contributed by atoms with Gasteiger partial charge >= 0.3 is 0 Å². The molecule has 0 bridgehead atoms. The number of hydrogen-bond donors (Lipinski definition) is 0. The van der Waals surface area contributed by atoms with E-state index in [1.807, 2.05) is 11.4 Å². The molecule has 0 spiro atoms. The minimum Gasteiger partial charge on any atom is -0.340 e. The highest BCUT2D eigenvalue weighted by Gasteiger charge is 2.15. The third kappa shape index (κ3) is 3.74. The summed E-state index contributed by atoms with van der Waals surface area (Å²) in [6.45, 7) is 9.05. The van der Waals surface area contributed by atoms with Crippen molar-refractivity contribution in [2.24, 2.45) is 0 Å². The van der Waals surface area contributed by atoms with Crippen LogP contribution in [0.4, 0.5) is 0 Å². The summed E-state index contributed by atoms with van der Waals surface area (Å²) in [5, 5.41) is 5.97. The third-order valence-electron chi connectivity index (χ3n) is 3.03. The molecule has 6 heteroatoms. The van der Waals surface area contributed by atoms with Gasteiger partial charge in [0.2, 0.25) is 5.89 Å². The summed E-state index contributed by atoms with van der Waals surface area (Å²) in [6, 6.07) is 2.32. The number of Topliss-reactive ketones (excluding diaryl/α,β-unsaturated/α-hetero) is 1. The standard InChI is InChI=1S/C14H19N3O2S/c1-9(2)17(7-14-15-11(4)19-16-14)6-12-5-13(10(3)18)20-8-12/h5,8-9H,6-7H2,1-4H3. The summed E-state index contributed by atoms with van der Waals surface area (Å²) in [4.78, 5) is 18.6. The molecular weight excluding hydrogens is 274 g/mol. The van der Waals surface area contributed by atoms with Crippen molar-refractivity contribution in [1.29, 1.82) is 0 Å². The summed E-state index contributed by atoms with van der Waals surface area (Å²) in [6.07, 6.45) is 0. The quantitative estimate of drug-likeness (QED) is 0.766. The smallest absolute Gasteiger partial charge is 0.223 e. The zero-order chi connectivity index (χ0) is 14.7. The number of rotatable bonds is 6. The summed E-state index contributed by atoms with van der Waals surface area (Å²) in [5.74, 6) is 1.39. The summed E-state index contributed by atoms with van der Waals surface area (Å²) in [7, 11) is 0.